The molecule has 5 atom stereocenters. The molecule has 0 bridgehead atoms. The molecule has 26 heavy (non-hydrogen) atoms. The number of fused-ring (bicyclic) bond motifs is 5. The first-order chi connectivity index (χ1) is 12.5. The van der Waals surface area contributed by atoms with E-state index in [1.165, 1.54) is 30.4 Å². The number of nitrogens with one attached hydrogen (secondary N) is 1. The van der Waals surface area contributed by atoms with Crippen molar-refractivity contribution >= 4 is 21.8 Å². The highest BCUT2D eigenvalue weighted by Crippen LogP contribution is 2.63. The number of carbonyl (C=O) groups is 1. The van der Waals surface area contributed by atoms with E-state index in [4.69, 9.17) is 0 Å². The zero-order valence-corrected chi connectivity index (χ0v) is 17.4. The normalized spacial score (nSPS) is 35.3. The minimum Gasteiger partial charge on any atom is -0.507 e. The van der Waals surface area contributed by atoms with Gasteiger partial charge in [0.2, 0.25) is 5.91 Å². The highest BCUT2D eigenvalue weighted by atomic mass is 79.9. The number of carbonyl (C=O) groups excluding carboxylic acids is 1. The van der Waals surface area contributed by atoms with Gasteiger partial charge in [0.15, 0.2) is 0 Å². The van der Waals surface area contributed by atoms with E-state index in [9.17, 15) is 9.90 Å². The van der Waals surface area contributed by atoms with Gasteiger partial charge >= 0.3 is 0 Å². The van der Waals surface area contributed by atoms with E-state index in [0.717, 1.165) is 36.7 Å². The Balaban J connectivity index is 1.60. The lowest BCUT2D eigenvalue weighted by molar-refractivity contribution is -0.130. The molecule has 3 aliphatic carbocycles. The Kier molecular flexibility index (Phi) is 4.83. The number of phenolic OH excluding ortho intramolecular Hbond substituents is 1. The highest BCUT2D eigenvalue weighted by Gasteiger charge is 2.56. The van der Waals surface area contributed by atoms with E-state index < -0.39 is 0 Å². The molecule has 142 valence electrons. The Morgan fingerprint density at radius 3 is 2.88 bits per heavy atom. The Morgan fingerprint density at radius 1 is 1.31 bits per heavy atom. The first-order valence-corrected chi connectivity index (χ1v) is 11.0. The van der Waals surface area contributed by atoms with Crippen LogP contribution in [0.3, 0.4) is 0 Å². The predicted molar refractivity (Wildman–Crippen MR) is 107 cm³/mol. The molecule has 1 aromatic rings. The van der Waals surface area contributed by atoms with Crippen molar-refractivity contribution in [3.8, 4) is 5.75 Å². The molecule has 4 rings (SSSR count). The van der Waals surface area contributed by atoms with Gasteiger partial charge < -0.3 is 10.4 Å². The van der Waals surface area contributed by atoms with Gasteiger partial charge in [-0.15, -0.1) is 0 Å². The van der Waals surface area contributed by atoms with Crippen LogP contribution >= 0.6 is 15.9 Å². The molecule has 1 aromatic carbocycles. The Bertz CT molecular complexity index is 718. The number of aromatic hydroxyl groups is 1. The number of rotatable bonds is 3. The van der Waals surface area contributed by atoms with Crippen molar-refractivity contribution < 1.29 is 9.90 Å². The van der Waals surface area contributed by atoms with Crippen molar-refractivity contribution in [3.63, 3.8) is 0 Å². The maximum atomic E-state index is 12.8. The van der Waals surface area contributed by atoms with Crippen molar-refractivity contribution in [3.05, 3.63) is 27.7 Å². The molecule has 2 saturated carbocycles. The average molecular weight is 420 g/mol. The summed E-state index contributed by atoms with van der Waals surface area (Å²) in [4.78, 5) is 12.8. The van der Waals surface area contributed by atoms with Gasteiger partial charge in [-0.25, -0.2) is 0 Å². The monoisotopic (exact) mass is 419 g/mol. The van der Waals surface area contributed by atoms with Gasteiger partial charge in [0.25, 0.3) is 0 Å². The molecule has 2 N–H and O–H groups in total. The van der Waals surface area contributed by atoms with Gasteiger partial charge in [0.1, 0.15) is 5.75 Å². The molecule has 0 aromatic heterocycles. The Hall–Kier alpha value is -1.03. The SMILES string of the molecule is CCCNC(=O)[C@H]1CC[C@H]2[C@@H]3CCc4cc(O)c(Br)cc4[C@H]3CC[C@]12C. The molecule has 0 unspecified atom stereocenters. The summed E-state index contributed by atoms with van der Waals surface area (Å²) >= 11 is 3.51. The van der Waals surface area contributed by atoms with Gasteiger partial charge in [-0.3, -0.25) is 4.79 Å². The first kappa shape index (κ1) is 18.3. The van der Waals surface area contributed by atoms with Crippen molar-refractivity contribution in [1.29, 1.82) is 0 Å². The number of hydrogen-bond donors (Lipinski definition) is 2. The summed E-state index contributed by atoms with van der Waals surface area (Å²) in [6.45, 7) is 5.30. The fraction of sp³-hybridized carbons (Fsp3) is 0.682. The van der Waals surface area contributed by atoms with Crippen LogP contribution in [0.5, 0.6) is 5.75 Å². The minimum atomic E-state index is 0.157. The van der Waals surface area contributed by atoms with Gasteiger partial charge in [-0.2, -0.15) is 0 Å². The van der Waals surface area contributed by atoms with Gasteiger partial charge in [-0.1, -0.05) is 13.8 Å². The van der Waals surface area contributed by atoms with E-state index in [1.54, 1.807) is 0 Å². The molecule has 3 aliphatic rings. The third-order valence-electron chi connectivity index (χ3n) is 7.66. The molecular weight excluding hydrogens is 390 g/mol. The molecule has 0 aliphatic heterocycles. The molecule has 0 radical (unpaired) electrons. The largest absolute Gasteiger partial charge is 0.507 e. The van der Waals surface area contributed by atoms with Crippen LogP contribution in [-0.4, -0.2) is 17.6 Å². The van der Waals surface area contributed by atoms with Crippen LogP contribution in [0.15, 0.2) is 16.6 Å². The molecule has 0 spiro atoms. The topological polar surface area (TPSA) is 49.3 Å². The maximum absolute atomic E-state index is 12.8. The zero-order valence-electron chi connectivity index (χ0n) is 15.9. The van der Waals surface area contributed by atoms with Gasteiger partial charge in [0, 0.05) is 12.5 Å². The summed E-state index contributed by atoms with van der Waals surface area (Å²) < 4.78 is 0.813. The van der Waals surface area contributed by atoms with E-state index in [-0.39, 0.29) is 11.3 Å². The summed E-state index contributed by atoms with van der Waals surface area (Å²) in [5.41, 5.74) is 2.92. The quantitative estimate of drug-likeness (QED) is 0.710. The second kappa shape index (κ2) is 6.85. The lowest BCUT2D eigenvalue weighted by atomic mass is 9.54. The standard InChI is InChI=1S/C22H30BrNO2/c1-3-10-24-21(26)18-7-6-17-15-5-4-13-11-20(25)19(23)12-16(13)14(15)8-9-22(17,18)2/h11-12,14-15,17-18,25H,3-10H2,1-2H3,(H,24,26)/t14-,15+,17-,18+,22-/m0/s1. The zero-order chi connectivity index (χ0) is 18.5. The third kappa shape index (κ3) is 2.80. The summed E-state index contributed by atoms with van der Waals surface area (Å²) in [6, 6.07) is 4.11. The van der Waals surface area contributed by atoms with Crippen LogP contribution in [0.2, 0.25) is 0 Å². The number of benzene rings is 1. The summed E-state index contributed by atoms with van der Waals surface area (Å²) in [5.74, 6) is 2.76. The summed E-state index contributed by atoms with van der Waals surface area (Å²) in [6.07, 6.45) is 7.80. The fourth-order valence-corrected chi connectivity index (χ4v) is 6.74. The fourth-order valence-electron chi connectivity index (χ4n) is 6.38. The van der Waals surface area contributed by atoms with Crippen molar-refractivity contribution in [2.45, 2.75) is 64.7 Å². The van der Waals surface area contributed by atoms with Gasteiger partial charge in [-0.05, 0) is 107 Å². The van der Waals surface area contributed by atoms with Crippen molar-refractivity contribution in [2.24, 2.45) is 23.2 Å². The molecular formula is C22H30BrNO2. The minimum absolute atomic E-state index is 0.157. The maximum Gasteiger partial charge on any atom is 0.223 e. The number of amides is 1. The molecule has 0 heterocycles. The molecule has 3 nitrogen and oxygen atoms in total. The lowest BCUT2D eigenvalue weighted by Gasteiger charge is -2.50. The number of aryl methyl sites for hydroxylation is 1. The van der Waals surface area contributed by atoms with E-state index in [0.29, 0.717) is 29.4 Å². The highest BCUT2D eigenvalue weighted by molar-refractivity contribution is 9.10. The van der Waals surface area contributed by atoms with E-state index in [2.05, 4.69) is 41.2 Å². The Morgan fingerprint density at radius 2 is 2.12 bits per heavy atom. The van der Waals surface area contributed by atoms with Gasteiger partial charge in [0.05, 0.1) is 4.47 Å². The summed E-state index contributed by atoms with van der Waals surface area (Å²) in [5, 5.41) is 13.2. The molecule has 2 fully saturated rings. The lowest BCUT2D eigenvalue weighted by Crippen LogP contribution is -2.46. The van der Waals surface area contributed by atoms with Crippen LogP contribution in [-0.2, 0) is 11.2 Å². The van der Waals surface area contributed by atoms with Crippen LogP contribution < -0.4 is 5.32 Å². The molecule has 1 amide bonds. The smallest absolute Gasteiger partial charge is 0.223 e. The van der Waals surface area contributed by atoms with E-state index >= 15 is 0 Å². The number of phenols is 1. The van der Waals surface area contributed by atoms with E-state index in [1.807, 2.05) is 6.07 Å². The second-order valence-corrected chi connectivity index (χ2v) is 9.74. The average Bonchev–Trinajstić information content (AvgIpc) is 2.98. The van der Waals surface area contributed by atoms with Crippen molar-refractivity contribution in [2.75, 3.05) is 6.54 Å². The summed E-state index contributed by atoms with van der Waals surface area (Å²) in [7, 11) is 0. The number of hydrogen-bond acceptors (Lipinski definition) is 2. The molecule has 4 heteroatoms. The van der Waals surface area contributed by atoms with Crippen LogP contribution in [0.1, 0.15) is 69.4 Å². The van der Waals surface area contributed by atoms with Crippen LogP contribution in [0, 0.1) is 23.2 Å². The van der Waals surface area contributed by atoms with Crippen molar-refractivity contribution in [1.82, 2.24) is 5.32 Å². The first-order valence-electron chi connectivity index (χ1n) is 10.2. The predicted octanol–water partition coefficient (Wildman–Crippen LogP) is 5.15. The van der Waals surface area contributed by atoms with Crippen LogP contribution in [0.25, 0.3) is 0 Å². The second-order valence-electron chi connectivity index (χ2n) is 8.88. The third-order valence-corrected chi connectivity index (χ3v) is 8.29. The van der Waals surface area contributed by atoms with Crippen LogP contribution in [0.4, 0.5) is 0 Å². The molecule has 0 saturated heterocycles. The Labute approximate surface area is 165 Å². The number of halogens is 1.